The molecule has 3 rings (SSSR count). The first-order valence-electron chi connectivity index (χ1n) is 7.43. The number of fused-ring (bicyclic) bond motifs is 1. The van der Waals surface area contributed by atoms with Crippen molar-refractivity contribution in [3.8, 4) is 11.5 Å². The molecule has 2 aliphatic heterocycles. The number of piperidine rings is 1. The molecule has 0 bridgehead atoms. The van der Waals surface area contributed by atoms with Crippen LogP contribution in [0.15, 0.2) is 18.2 Å². The van der Waals surface area contributed by atoms with Crippen molar-refractivity contribution < 1.29 is 19.1 Å². The van der Waals surface area contributed by atoms with E-state index in [9.17, 15) is 9.59 Å². The number of imide groups is 1. The molecule has 22 heavy (non-hydrogen) atoms. The van der Waals surface area contributed by atoms with Crippen LogP contribution >= 0.6 is 0 Å². The lowest BCUT2D eigenvalue weighted by molar-refractivity contribution is -0.121. The van der Waals surface area contributed by atoms with E-state index in [1.807, 2.05) is 0 Å². The predicted molar refractivity (Wildman–Crippen MR) is 80.0 cm³/mol. The fraction of sp³-hybridized carbons (Fsp3) is 0.467. The Labute approximate surface area is 128 Å². The lowest BCUT2D eigenvalue weighted by Crippen LogP contribution is -2.43. The molecule has 0 aliphatic carbocycles. The number of urea groups is 1. The largest absolute Gasteiger partial charge is 0.454 e. The van der Waals surface area contributed by atoms with Gasteiger partial charge in [-0.05, 0) is 38.1 Å². The van der Waals surface area contributed by atoms with Crippen molar-refractivity contribution in [1.29, 1.82) is 0 Å². The minimum absolute atomic E-state index is 0.180. The van der Waals surface area contributed by atoms with Gasteiger partial charge >= 0.3 is 6.03 Å². The van der Waals surface area contributed by atoms with Gasteiger partial charge in [-0.3, -0.25) is 15.0 Å². The molecule has 2 heterocycles. The summed E-state index contributed by atoms with van der Waals surface area (Å²) >= 11 is 0. The third-order valence-electron chi connectivity index (χ3n) is 3.70. The second kappa shape index (κ2) is 6.65. The van der Waals surface area contributed by atoms with E-state index < -0.39 is 6.03 Å². The summed E-state index contributed by atoms with van der Waals surface area (Å²) in [7, 11) is 0. The van der Waals surface area contributed by atoms with Crippen LogP contribution in [-0.4, -0.2) is 43.3 Å². The highest BCUT2D eigenvalue weighted by Gasteiger charge is 2.17. The number of anilines is 1. The molecule has 2 N–H and O–H groups in total. The maximum absolute atomic E-state index is 11.8. The van der Waals surface area contributed by atoms with Gasteiger partial charge in [0.05, 0.1) is 6.54 Å². The number of carbonyl (C=O) groups is 2. The standard InChI is InChI=1S/C15H19N3O4/c19-14(9-18-6-2-1-3-7-18)17-15(20)16-11-4-5-12-13(8-11)22-10-21-12/h4-5,8H,1-3,6-7,9-10H2,(H2,16,17,19,20). The zero-order chi connectivity index (χ0) is 15.4. The number of nitrogens with zero attached hydrogens (tertiary/aromatic N) is 1. The molecule has 2 aliphatic rings. The van der Waals surface area contributed by atoms with Gasteiger partial charge in [-0.1, -0.05) is 6.42 Å². The zero-order valence-electron chi connectivity index (χ0n) is 12.3. The highest BCUT2D eigenvalue weighted by Crippen LogP contribution is 2.34. The number of carbonyl (C=O) groups excluding carboxylic acids is 2. The Morgan fingerprint density at radius 3 is 2.68 bits per heavy atom. The number of likely N-dealkylation sites (tertiary alicyclic amines) is 1. The molecule has 0 atom stereocenters. The van der Waals surface area contributed by atoms with E-state index >= 15 is 0 Å². The van der Waals surface area contributed by atoms with Crippen molar-refractivity contribution >= 4 is 17.6 Å². The smallest absolute Gasteiger partial charge is 0.325 e. The topological polar surface area (TPSA) is 79.9 Å². The van der Waals surface area contributed by atoms with Crippen LogP contribution in [-0.2, 0) is 4.79 Å². The monoisotopic (exact) mass is 305 g/mol. The van der Waals surface area contributed by atoms with Gasteiger partial charge < -0.3 is 14.8 Å². The quantitative estimate of drug-likeness (QED) is 0.885. The number of rotatable bonds is 3. The van der Waals surface area contributed by atoms with Crippen LogP contribution in [0.2, 0.25) is 0 Å². The van der Waals surface area contributed by atoms with Crippen molar-refractivity contribution in [2.45, 2.75) is 19.3 Å². The van der Waals surface area contributed by atoms with Crippen LogP contribution in [0.3, 0.4) is 0 Å². The normalized spacial score (nSPS) is 17.1. The average molecular weight is 305 g/mol. The second-order valence-corrected chi connectivity index (χ2v) is 5.41. The summed E-state index contributed by atoms with van der Waals surface area (Å²) in [4.78, 5) is 25.7. The van der Waals surface area contributed by atoms with Crippen molar-refractivity contribution in [2.24, 2.45) is 0 Å². The van der Waals surface area contributed by atoms with E-state index in [4.69, 9.17) is 9.47 Å². The molecule has 0 unspecified atom stereocenters. The van der Waals surface area contributed by atoms with Crippen LogP contribution in [0, 0.1) is 0 Å². The number of nitrogens with one attached hydrogen (secondary N) is 2. The van der Waals surface area contributed by atoms with E-state index in [0.717, 1.165) is 25.9 Å². The van der Waals surface area contributed by atoms with Crippen LogP contribution in [0.1, 0.15) is 19.3 Å². The van der Waals surface area contributed by atoms with Crippen molar-refractivity contribution in [2.75, 3.05) is 31.7 Å². The molecule has 0 radical (unpaired) electrons. The lowest BCUT2D eigenvalue weighted by Gasteiger charge is -2.25. The van der Waals surface area contributed by atoms with Crippen LogP contribution < -0.4 is 20.1 Å². The number of benzene rings is 1. The molecule has 7 heteroatoms. The summed E-state index contributed by atoms with van der Waals surface area (Å²) in [6, 6.07) is 4.54. The average Bonchev–Trinajstić information content (AvgIpc) is 2.95. The third kappa shape index (κ3) is 3.67. The van der Waals surface area contributed by atoms with Crippen LogP contribution in [0.5, 0.6) is 11.5 Å². The van der Waals surface area contributed by atoms with Crippen LogP contribution in [0.25, 0.3) is 0 Å². The van der Waals surface area contributed by atoms with Gasteiger partial charge in [0, 0.05) is 11.8 Å². The van der Waals surface area contributed by atoms with Gasteiger partial charge in [-0.15, -0.1) is 0 Å². The van der Waals surface area contributed by atoms with Gasteiger partial charge in [0.1, 0.15) is 0 Å². The molecule has 7 nitrogen and oxygen atoms in total. The van der Waals surface area contributed by atoms with Gasteiger partial charge in [0.25, 0.3) is 0 Å². The predicted octanol–water partition coefficient (Wildman–Crippen LogP) is 1.55. The number of hydrogen-bond acceptors (Lipinski definition) is 5. The lowest BCUT2D eigenvalue weighted by atomic mass is 10.1. The fourth-order valence-corrected chi connectivity index (χ4v) is 2.62. The molecule has 3 amide bonds. The highest BCUT2D eigenvalue weighted by atomic mass is 16.7. The number of hydrogen-bond donors (Lipinski definition) is 2. The minimum atomic E-state index is -0.541. The van der Waals surface area contributed by atoms with E-state index in [1.54, 1.807) is 18.2 Å². The molecule has 1 saturated heterocycles. The summed E-state index contributed by atoms with van der Waals surface area (Å²) in [6.07, 6.45) is 3.43. The first kappa shape index (κ1) is 14.6. The molecule has 1 fully saturated rings. The molecular weight excluding hydrogens is 286 g/mol. The summed E-state index contributed by atoms with van der Waals surface area (Å²) < 4.78 is 10.4. The zero-order valence-corrected chi connectivity index (χ0v) is 12.3. The summed E-state index contributed by atoms with van der Waals surface area (Å²) in [5, 5.41) is 4.96. The van der Waals surface area contributed by atoms with Gasteiger partial charge in [0.2, 0.25) is 12.7 Å². The first-order chi connectivity index (χ1) is 10.7. The summed E-state index contributed by atoms with van der Waals surface area (Å²) in [5.74, 6) is 0.935. The van der Waals surface area contributed by atoms with Crippen LogP contribution in [0.4, 0.5) is 10.5 Å². The Morgan fingerprint density at radius 2 is 1.86 bits per heavy atom. The Kier molecular flexibility index (Phi) is 4.43. The molecule has 0 saturated carbocycles. The van der Waals surface area contributed by atoms with Gasteiger partial charge in [0.15, 0.2) is 11.5 Å². The Balaban J connectivity index is 1.48. The maximum Gasteiger partial charge on any atom is 0.325 e. The summed E-state index contributed by atoms with van der Waals surface area (Å²) in [6.45, 7) is 2.27. The van der Waals surface area contributed by atoms with E-state index in [-0.39, 0.29) is 19.2 Å². The molecule has 1 aromatic carbocycles. The minimum Gasteiger partial charge on any atom is -0.454 e. The Hall–Kier alpha value is -2.28. The highest BCUT2D eigenvalue weighted by molar-refractivity contribution is 6.01. The molecule has 1 aromatic rings. The fourth-order valence-electron chi connectivity index (χ4n) is 2.62. The number of amides is 3. The molecule has 0 spiro atoms. The second-order valence-electron chi connectivity index (χ2n) is 5.41. The molecule has 0 aromatic heterocycles. The van der Waals surface area contributed by atoms with E-state index in [1.165, 1.54) is 6.42 Å². The molecule has 118 valence electrons. The maximum atomic E-state index is 11.8. The van der Waals surface area contributed by atoms with Crippen molar-refractivity contribution in [1.82, 2.24) is 10.2 Å². The number of ether oxygens (including phenoxy) is 2. The Bertz CT molecular complexity index is 570. The van der Waals surface area contributed by atoms with E-state index in [2.05, 4.69) is 15.5 Å². The van der Waals surface area contributed by atoms with Crippen molar-refractivity contribution in [3.05, 3.63) is 18.2 Å². The van der Waals surface area contributed by atoms with Crippen molar-refractivity contribution in [3.63, 3.8) is 0 Å². The van der Waals surface area contributed by atoms with E-state index in [0.29, 0.717) is 17.2 Å². The Morgan fingerprint density at radius 1 is 1.09 bits per heavy atom. The third-order valence-corrected chi connectivity index (χ3v) is 3.70. The summed E-state index contributed by atoms with van der Waals surface area (Å²) in [5.41, 5.74) is 0.549. The van der Waals surface area contributed by atoms with Gasteiger partial charge in [-0.2, -0.15) is 0 Å². The SMILES string of the molecule is O=C(CN1CCCCC1)NC(=O)Nc1ccc2c(c1)OCO2. The van der Waals surface area contributed by atoms with Gasteiger partial charge in [-0.25, -0.2) is 4.79 Å². The first-order valence-corrected chi connectivity index (χ1v) is 7.43. The molecular formula is C15H19N3O4.